The highest BCUT2D eigenvalue weighted by molar-refractivity contribution is 5.77. The summed E-state index contributed by atoms with van der Waals surface area (Å²) in [6.07, 6.45) is 8.26. The summed E-state index contributed by atoms with van der Waals surface area (Å²) in [5.41, 5.74) is 0. The Morgan fingerprint density at radius 3 is 3.00 bits per heavy atom. The van der Waals surface area contributed by atoms with Crippen molar-refractivity contribution < 1.29 is 9.53 Å². The van der Waals surface area contributed by atoms with Gasteiger partial charge in [0.25, 0.3) is 0 Å². The summed E-state index contributed by atoms with van der Waals surface area (Å²) in [6, 6.07) is 0.369. The minimum absolute atomic E-state index is 0.0605. The van der Waals surface area contributed by atoms with Gasteiger partial charge in [-0.1, -0.05) is 19.8 Å². The molecule has 5 nitrogen and oxygen atoms in total. The zero-order valence-corrected chi connectivity index (χ0v) is 11.8. The molecule has 1 heterocycles. The molecule has 0 bridgehead atoms. The monoisotopic (exact) mass is 265 g/mol. The number of carbonyl (C=O) groups is 1. The SMILES string of the molecule is C[C@H]1CCCC[C@@H]1N(C)C(=O)COCc1ncc[nH]1. The van der Waals surface area contributed by atoms with Crippen LogP contribution in [0.1, 0.15) is 38.4 Å². The third kappa shape index (κ3) is 3.80. The average Bonchev–Trinajstić information content (AvgIpc) is 2.91. The lowest BCUT2D eigenvalue weighted by atomic mass is 9.85. The van der Waals surface area contributed by atoms with E-state index in [-0.39, 0.29) is 12.5 Å². The lowest BCUT2D eigenvalue weighted by Crippen LogP contribution is -2.44. The average molecular weight is 265 g/mol. The summed E-state index contributed by atoms with van der Waals surface area (Å²) in [5, 5.41) is 0. The summed E-state index contributed by atoms with van der Waals surface area (Å²) in [7, 11) is 1.89. The van der Waals surface area contributed by atoms with Gasteiger partial charge in [-0.25, -0.2) is 4.98 Å². The first-order valence-electron chi connectivity index (χ1n) is 7.00. The Morgan fingerprint density at radius 2 is 2.32 bits per heavy atom. The van der Waals surface area contributed by atoms with Crippen LogP contribution in [0.3, 0.4) is 0 Å². The molecule has 1 aliphatic carbocycles. The Hall–Kier alpha value is -1.36. The van der Waals surface area contributed by atoms with Gasteiger partial charge in [0.05, 0.1) is 0 Å². The smallest absolute Gasteiger partial charge is 0.248 e. The predicted molar refractivity (Wildman–Crippen MR) is 72.4 cm³/mol. The molecule has 1 aliphatic rings. The third-order valence-electron chi connectivity index (χ3n) is 3.98. The minimum Gasteiger partial charge on any atom is -0.364 e. The van der Waals surface area contributed by atoms with E-state index in [9.17, 15) is 4.79 Å². The van der Waals surface area contributed by atoms with Gasteiger partial charge in [0, 0.05) is 25.5 Å². The number of imidazole rings is 1. The van der Waals surface area contributed by atoms with Crippen LogP contribution in [-0.4, -0.2) is 40.5 Å². The van der Waals surface area contributed by atoms with Crippen LogP contribution >= 0.6 is 0 Å². The molecule has 0 aromatic carbocycles. The molecule has 0 unspecified atom stereocenters. The summed E-state index contributed by atoms with van der Waals surface area (Å²) in [5.74, 6) is 1.40. The van der Waals surface area contributed by atoms with E-state index in [0.29, 0.717) is 18.6 Å². The maximum atomic E-state index is 12.1. The number of nitrogens with one attached hydrogen (secondary N) is 1. The van der Waals surface area contributed by atoms with Crippen LogP contribution in [-0.2, 0) is 16.1 Å². The van der Waals surface area contributed by atoms with Crippen LogP contribution < -0.4 is 0 Å². The van der Waals surface area contributed by atoms with E-state index in [2.05, 4.69) is 16.9 Å². The number of amides is 1. The quantitative estimate of drug-likeness (QED) is 0.885. The second kappa shape index (κ2) is 6.70. The standard InChI is InChI=1S/C14H23N3O2/c1-11-5-3-4-6-12(11)17(2)14(18)10-19-9-13-15-7-8-16-13/h7-8,11-12H,3-6,9-10H2,1-2H3,(H,15,16)/t11-,12-/m0/s1. The number of nitrogens with zero attached hydrogens (tertiary/aromatic N) is 2. The van der Waals surface area contributed by atoms with Crippen molar-refractivity contribution in [2.24, 2.45) is 5.92 Å². The molecule has 0 spiro atoms. The maximum absolute atomic E-state index is 12.1. The summed E-state index contributed by atoms with van der Waals surface area (Å²) < 4.78 is 5.40. The molecule has 1 N–H and O–H groups in total. The number of hydrogen-bond acceptors (Lipinski definition) is 3. The molecule has 2 atom stereocenters. The van der Waals surface area contributed by atoms with Crippen LogP contribution in [0.25, 0.3) is 0 Å². The molecule has 2 rings (SSSR count). The summed E-state index contributed by atoms with van der Waals surface area (Å²) in [4.78, 5) is 21.0. The van der Waals surface area contributed by atoms with Crippen molar-refractivity contribution in [1.29, 1.82) is 0 Å². The van der Waals surface area contributed by atoms with Gasteiger partial charge in [0.2, 0.25) is 5.91 Å². The molecule has 1 aromatic rings. The molecule has 1 amide bonds. The lowest BCUT2D eigenvalue weighted by Gasteiger charge is -2.36. The van der Waals surface area contributed by atoms with E-state index in [0.717, 1.165) is 12.2 Å². The number of hydrogen-bond donors (Lipinski definition) is 1. The number of aromatic nitrogens is 2. The number of carbonyl (C=O) groups excluding carboxylic acids is 1. The fourth-order valence-corrected chi connectivity index (χ4v) is 2.77. The van der Waals surface area contributed by atoms with Gasteiger partial charge in [-0.2, -0.15) is 0 Å². The molecule has 19 heavy (non-hydrogen) atoms. The Balaban J connectivity index is 1.75. The molecule has 1 aromatic heterocycles. The Labute approximate surface area is 114 Å². The highest BCUT2D eigenvalue weighted by atomic mass is 16.5. The zero-order valence-electron chi connectivity index (χ0n) is 11.8. The van der Waals surface area contributed by atoms with Gasteiger partial charge in [0.15, 0.2) is 0 Å². The number of aromatic amines is 1. The predicted octanol–water partition coefficient (Wildman–Crippen LogP) is 1.96. The topological polar surface area (TPSA) is 58.2 Å². The van der Waals surface area contributed by atoms with Crippen molar-refractivity contribution in [1.82, 2.24) is 14.9 Å². The molecular formula is C14H23N3O2. The van der Waals surface area contributed by atoms with Crippen molar-refractivity contribution >= 4 is 5.91 Å². The Kier molecular flexibility index (Phi) is 4.96. The van der Waals surface area contributed by atoms with Gasteiger partial charge in [-0.15, -0.1) is 0 Å². The first-order valence-corrected chi connectivity index (χ1v) is 7.00. The normalized spacial score (nSPS) is 23.3. The molecular weight excluding hydrogens is 242 g/mol. The maximum Gasteiger partial charge on any atom is 0.248 e. The summed E-state index contributed by atoms with van der Waals surface area (Å²) >= 11 is 0. The zero-order chi connectivity index (χ0) is 13.7. The van der Waals surface area contributed by atoms with Crippen molar-refractivity contribution in [2.75, 3.05) is 13.7 Å². The van der Waals surface area contributed by atoms with Gasteiger partial charge >= 0.3 is 0 Å². The molecule has 0 radical (unpaired) electrons. The van der Waals surface area contributed by atoms with Crippen LogP contribution in [0, 0.1) is 5.92 Å². The number of H-pyrrole nitrogens is 1. The van der Waals surface area contributed by atoms with Crippen LogP contribution in [0.4, 0.5) is 0 Å². The lowest BCUT2D eigenvalue weighted by molar-refractivity contribution is -0.139. The van der Waals surface area contributed by atoms with Gasteiger partial charge in [0.1, 0.15) is 19.0 Å². The molecule has 0 aliphatic heterocycles. The van der Waals surface area contributed by atoms with Crippen molar-refractivity contribution in [3.05, 3.63) is 18.2 Å². The van der Waals surface area contributed by atoms with Crippen molar-refractivity contribution in [3.8, 4) is 0 Å². The van der Waals surface area contributed by atoms with Gasteiger partial charge < -0.3 is 14.6 Å². The molecule has 5 heteroatoms. The van der Waals surface area contributed by atoms with E-state index >= 15 is 0 Å². The largest absolute Gasteiger partial charge is 0.364 e. The van der Waals surface area contributed by atoms with Crippen LogP contribution in [0.2, 0.25) is 0 Å². The minimum atomic E-state index is 0.0605. The van der Waals surface area contributed by atoms with E-state index in [1.165, 1.54) is 19.3 Å². The Bertz CT molecular complexity index is 391. The van der Waals surface area contributed by atoms with E-state index in [1.54, 1.807) is 12.4 Å². The molecule has 1 fully saturated rings. The third-order valence-corrected chi connectivity index (χ3v) is 3.98. The summed E-state index contributed by atoms with van der Waals surface area (Å²) in [6.45, 7) is 2.71. The first kappa shape index (κ1) is 14.1. The van der Waals surface area contributed by atoms with E-state index < -0.39 is 0 Å². The highest BCUT2D eigenvalue weighted by Gasteiger charge is 2.27. The molecule has 0 saturated heterocycles. The first-order chi connectivity index (χ1) is 9.18. The second-order valence-electron chi connectivity index (χ2n) is 5.36. The second-order valence-corrected chi connectivity index (χ2v) is 5.36. The fourth-order valence-electron chi connectivity index (χ4n) is 2.77. The Morgan fingerprint density at radius 1 is 1.53 bits per heavy atom. The molecule has 1 saturated carbocycles. The van der Waals surface area contributed by atoms with Crippen LogP contribution in [0.15, 0.2) is 12.4 Å². The highest BCUT2D eigenvalue weighted by Crippen LogP contribution is 2.27. The fraction of sp³-hybridized carbons (Fsp3) is 0.714. The van der Waals surface area contributed by atoms with E-state index in [1.807, 2.05) is 11.9 Å². The number of ether oxygens (including phenoxy) is 1. The van der Waals surface area contributed by atoms with Gasteiger partial charge in [-0.3, -0.25) is 4.79 Å². The number of rotatable bonds is 5. The van der Waals surface area contributed by atoms with Gasteiger partial charge in [-0.05, 0) is 18.8 Å². The molecule has 106 valence electrons. The van der Waals surface area contributed by atoms with E-state index in [4.69, 9.17) is 4.74 Å². The van der Waals surface area contributed by atoms with Crippen LogP contribution in [0.5, 0.6) is 0 Å². The number of likely N-dealkylation sites (N-methyl/N-ethyl adjacent to an activating group) is 1. The van der Waals surface area contributed by atoms with Crippen molar-refractivity contribution in [2.45, 2.75) is 45.3 Å². The van der Waals surface area contributed by atoms with Crippen molar-refractivity contribution in [3.63, 3.8) is 0 Å².